The molecule has 20 heavy (non-hydrogen) atoms. The molecule has 94 valence electrons. The Morgan fingerprint density at radius 1 is 0.850 bits per heavy atom. The minimum absolute atomic E-state index is 0.664. The number of hydrogen-bond donors (Lipinski definition) is 0. The van der Waals surface area contributed by atoms with Gasteiger partial charge < -0.3 is 4.57 Å². The Morgan fingerprint density at radius 3 is 2.25 bits per heavy atom. The van der Waals surface area contributed by atoms with E-state index in [4.69, 9.17) is 10.5 Å². The summed E-state index contributed by atoms with van der Waals surface area (Å²) in [6.45, 7) is 0.726. The zero-order chi connectivity index (χ0) is 13.9. The van der Waals surface area contributed by atoms with Crippen LogP contribution in [-0.2, 0) is 6.54 Å². The highest BCUT2D eigenvalue weighted by Gasteiger charge is 2.03. The third kappa shape index (κ3) is 2.13. The van der Waals surface area contributed by atoms with Crippen molar-refractivity contribution >= 4 is 10.9 Å². The van der Waals surface area contributed by atoms with E-state index < -0.39 is 0 Å². The van der Waals surface area contributed by atoms with Gasteiger partial charge in [0.15, 0.2) is 0 Å². The van der Waals surface area contributed by atoms with Gasteiger partial charge in [-0.2, -0.15) is 10.5 Å². The van der Waals surface area contributed by atoms with E-state index in [9.17, 15) is 0 Å². The number of aromatic nitrogens is 1. The van der Waals surface area contributed by atoms with Crippen molar-refractivity contribution in [2.75, 3.05) is 0 Å². The molecule has 3 nitrogen and oxygen atoms in total. The van der Waals surface area contributed by atoms with Crippen molar-refractivity contribution in [1.82, 2.24) is 4.57 Å². The molecular formula is C17H11N3. The van der Waals surface area contributed by atoms with Crippen LogP contribution in [0.2, 0.25) is 0 Å². The zero-order valence-corrected chi connectivity index (χ0v) is 10.7. The molecule has 1 aromatic heterocycles. The third-order valence-electron chi connectivity index (χ3n) is 3.34. The molecule has 0 saturated heterocycles. The van der Waals surface area contributed by atoms with Crippen LogP contribution in [0.3, 0.4) is 0 Å². The van der Waals surface area contributed by atoms with Gasteiger partial charge in [0, 0.05) is 18.3 Å². The molecule has 0 bridgehead atoms. The van der Waals surface area contributed by atoms with Crippen LogP contribution < -0.4 is 0 Å². The average molecular weight is 257 g/mol. The molecule has 2 aromatic carbocycles. The molecule has 0 spiro atoms. The standard InChI is InChI=1S/C17H11N3/c18-10-13-1-3-14(4-2-13)12-20-8-7-16-6-5-15(11-19)9-17(16)20/h1-9H,12H2. The van der Waals surface area contributed by atoms with E-state index in [-0.39, 0.29) is 0 Å². The largest absolute Gasteiger partial charge is 0.343 e. The Bertz CT molecular complexity index is 843. The van der Waals surface area contributed by atoms with Crippen LogP contribution in [0.15, 0.2) is 54.7 Å². The fourth-order valence-electron chi connectivity index (χ4n) is 2.27. The first-order valence-electron chi connectivity index (χ1n) is 6.28. The Morgan fingerprint density at radius 2 is 1.55 bits per heavy atom. The van der Waals surface area contributed by atoms with Gasteiger partial charge in [-0.25, -0.2) is 0 Å². The highest BCUT2D eigenvalue weighted by Crippen LogP contribution is 2.19. The van der Waals surface area contributed by atoms with Crippen LogP contribution in [0, 0.1) is 22.7 Å². The molecule has 0 radical (unpaired) electrons. The second-order valence-electron chi connectivity index (χ2n) is 4.64. The molecule has 0 amide bonds. The molecule has 1 heterocycles. The molecule has 0 atom stereocenters. The SMILES string of the molecule is N#Cc1ccc(Cn2ccc3ccc(C#N)cc32)cc1. The maximum absolute atomic E-state index is 8.98. The minimum atomic E-state index is 0.664. The van der Waals surface area contributed by atoms with Gasteiger partial charge in [-0.3, -0.25) is 0 Å². The Hall–Kier alpha value is -3.04. The second-order valence-corrected chi connectivity index (χ2v) is 4.64. The lowest BCUT2D eigenvalue weighted by molar-refractivity contribution is 0.836. The highest BCUT2D eigenvalue weighted by atomic mass is 14.9. The fourth-order valence-corrected chi connectivity index (χ4v) is 2.27. The maximum atomic E-state index is 8.98. The molecule has 0 saturated carbocycles. The Balaban J connectivity index is 1.98. The molecule has 3 heteroatoms. The van der Waals surface area contributed by atoms with Gasteiger partial charge in [-0.15, -0.1) is 0 Å². The van der Waals surface area contributed by atoms with E-state index in [2.05, 4.69) is 16.7 Å². The van der Waals surface area contributed by atoms with E-state index in [1.807, 2.05) is 54.7 Å². The predicted octanol–water partition coefficient (Wildman–Crippen LogP) is 3.43. The molecule has 0 unspecified atom stereocenters. The summed E-state index contributed by atoms with van der Waals surface area (Å²) >= 11 is 0. The van der Waals surface area contributed by atoms with Crippen LogP contribution in [0.1, 0.15) is 16.7 Å². The lowest BCUT2D eigenvalue weighted by Gasteiger charge is -2.06. The molecular weight excluding hydrogens is 246 g/mol. The van der Waals surface area contributed by atoms with E-state index >= 15 is 0 Å². The number of rotatable bonds is 2. The first kappa shape index (κ1) is 12.0. The zero-order valence-electron chi connectivity index (χ0n) is 10.7. The van der Waals surface area contributed by atoms with Crippen LogP contribution in [0.4, 0.5) is 0 Å². The normalized spacial score (nSPS) is 10.1. The third-order valence-corrected chi connectivity index (χ3v) is 3.34. The fraction of sp³-hybridized carbons (Fsp3) is 0.0588. The average Bonchev–Trinajstić information content (AvgIpc) is 2.90. The molecule has 3 rings (SSSR count). The first-order chi connectivity index (χ1) is 9.80. The quantitative estimate of drug-likeness (QED) is 0.706. The smallest absolute Gasteiger partial charge is 0.0992 e. The van der Waals surface area contributed by atoms with E-state index in [1.54, 1.807) is 0 Å². The van der Waals surface area contributed by atoms with Gasteiger partial charge in [0.1, 0.15) is 0 Å². The summed E-state index contributed by atoms with van der Waals surface area (Å²) in [5.74, 6) is 0. The van der Waals surface area contributed by atoms with Crippen molar-refractivity contribution < 1.29 is 0 Å². The highest BCUT2D eigenvalue weighted by molar-refractivity contribution is 5.81. The van der Waals surface area contributed by atoms with E-state index in [0.717, 1.165) is 23.0 Å². The van der Waals surface area contributed by atoms with Gasteiger partial charge in [-0.05, 0) is 41.3 Å². The van der Waals surface area contributed by atoms with Gasteiger partial charge in [-0.1, -0.05) is 18.2 Å². The summed E-state index contributed by atoms with van der Waals surface area (Å²) in [7, 11) is 0. The van der Waals surface area contributed by atoms with E-state index in [0.29, 0.717) is 11.1 Å². The van der Waals surface area contributed by atoms with Crippen LogP contribution >= 0.6 is 0 Å². The summed E-state index contributed by atoms with van der Waals surface area (Å²) in [4.78, 5) is 0. The summed E-state index contributed by atoms with van der Waals surface area (Å²) < 4.78 is 2.11. The molecule has 0 aliphatic carbocycles. The van der Waals surface area contributed by atoms with Crippen LogP contribution in [-0.4, -0.2) is 4.57 Å². The lowest BCUT2D eigenvalue weighted by atomic mass is 10.1. The van der Waals surface area contributed by atoms with Gasteiger partial charge in [0.05, 0.1) is 23.3 Å². The monoisotopic (exact) mass is 257 g/mol. The topological polar surface area (TPSA) is 52.5 Å². The van der Waals surface area contributed by atoms with E-state index in [1.165, 1.54) is 0 Å². The number of nitrogens with zero attached hydrogens (tertiary/aromatic N) is 3. The van der Waals surface area contributed by atoms with Gasteiger partial charge in [0.2, 0.25) is 0 Å². The summed E-state index contributed by atoms with van der Waals surface area (Å²) in [5.41, 5.74) is 3.51. The van der Waals surface area contributed by atoms with Crippen molar-refractivity contribution in [2.24, 2.45) is 0 Å². The number of benzene rings is 2. The second kappa shape index (κ2) is 4.91. The Kier molecular flexibility index (Phi) is 2.95. The van der Waals surface area contributed by atoms with Crippen LogP contribution in [0.5, 0.6) is 0 Å². The molecule has 0 fully saturated rings. The van der Waals surface area contributed by atoms with Crippen molar-refractivity contribution in [3.8, 4) is 12.1 Å². The van der Waals surface area contributed by atoms with Crippen molar-refractivity contribution in [3.05, 3.63) is 71.4 Å². The summed E-state index contributed by atoms with van der Waals surface area (Å²) in [6, 6.07) is 19.6. The molecule has 0 aliphatic rings. The number of hydrogen-bond acceptors (Lipinski definition) is 2. The van der Waals surface area contributed by atoms with Gasteiger partial charge >= 0.3 is 0 Å². The van der Waals surface area contributed by atoms with Crippen molar-refractivity contribution in [2.45, 2.75) is 6.54 Å². The molecule has 3 aromatic rings. The van der Waals surface area contributed by atoms with Crippen molar-refractivity contribution in [3.63, 3.8) is 0 Å². The maximum Gasteiger partial charge on any atom is 0.0992 e. The lowest BCUT2D eigenvalue weighted by Crippen LogP contribution is -1.97. The molecule has 0 aliphatic heterocycles. The minimum Gasteiger partial charge on any atom is -0.343 e. The first-order valence-corrected chi connectivity index (χ1v) is 6.28. The van der Waals surface area contributed by atoms with Crippen LogP contribution in [0.25, 0.3) is 10.9 Å². The molecule has 0 N–H and O–H groups in total. The van der Waals surface area contributed by atoms with Gasteiger partial charge in [0.25, 0.3) is 0 Å². The predicted molar refractivity (Wildman–Crippen MR) is 76.9 cm³/mol. The number of nitriles is 2. The Labute approximate surface area is 116 Å². The summed E-state index contributed by atoms with van der Waals surface area (Å²) in [6.07, 6.45) is 2.02. The summed E-state index contributed by atoms with van der Waals surface area (Å²) in [5, 5.41) is 18.9. The van der Waals surface area contributed by atoms with Crippen molar-refractivity contribution in [1.29, 1.82) is 10.5 Å². The number of fused-ring (bicyclic) bond motifs is 1.